The summed E-state index contributed by atoms with van der Waals surface area (Å²) in [5.74, 6) is 1.37. The molecule has 1 fully saturated rings. The number of piperidine rings is 1. The molecule has 0 aliphatic carbocycles. The molecule has 2 aromatic rings. The van der Waals surface area contributed by atoms with E-state index in [-0.39, 0.29) is 6.10 Å². The van der Waals surface area contributed by atoms with Crippen molar-refractivity contribution < 1.29 is 19.4 Å². The second kappa shape index (κ2) is 7.74. The van der Waals surface area contributed by atoms with Gasteiger partial charge in [-0.05, 0) is 26.0 Å². The fourth-order valence-electron chi connectivity index (χ4n) is 2.69. The Balaban J connectivity index is 1.70. The lowest BCUT2D eigenvalue weighted by Crippen LogP contribution is -2.41. The first-order valence-corrected chi connectivity index (χ1v) is 8.59. The first-order chi connectivity index (χ1) is 12.4. The van der Waals surface area contributed by atoms with Crippen LogP contribution in [0.3, 0.4) is 0 Å². The van der Waals surface area contributed by atoms with Crippen LogP contribution in [0.2, 0.25) is 5.15 Å². The van der Waals surface area contributed by atoms with Crippen molar-refractivity contribution in [3.63, 3.8) is 0 Å². The van der Waals surface area contributed by atoms with Gasteiger partial charge >= 0.3 is 6.09 Å². The topological polar surface area (TPSA) is 97.7 Å². The van der Waals surface area contributed by atoms with Crippen LogP contribution in [-0.2, 0) is 0 Å². The number of ether oxygens (including phenoxy) is 2. The maximum atomic E-state index is 11.0. The Bertz CT molecular complexity index is 809. The number of carboxylic acid groups (broad SMARTS) is 1. The number of hydrogen-bond donors (Lipinski definition) is 1. The second-order valence-electron chi connectivity index (χ2n) is 6.02. The van der Waals surface area contributed by atoms with Gasteiger partial charge in [-0.2, -0.15) is 0 Å². The molecule has 1 saturated heterocycles. The average Bonchev–Trinajstić information content (AvgIpc) is 2.61. The molecular weight excluding hydrogens is 360 g/mol. The summed E-state index contributed by atoms with van der Waals surface area (Å²) in [5, 5.41) is 9.40. The molecule has 2 aromatic heterocycles. The van der Waals surface area contributed by atoms with Crippen molar-refractivity contribution in [3.05, 3.63) is 34.9 Å². The van der Waals surface area contributed by atoms with E-state index < -0.39 is 6.09 Å². The van der Waals surface area contributed by atoms with E-state index in [0.717, 1.165) is 0 Å². The molecule has 8 nitrogen and oxygen atoms in total. The summed E-state index contributed by atoms with van der Waals surface area (Å²) in [4.78, 5) is 24.9. The average molecular weight is 379 g/mol. The van der Waals surface area contributed by atoms with E-state index in [4.69, 9.17) is 26.2 Å². The molecule has 9 heteroatoms. The molecule has 1 N–H and O–H groups in total. The lowest BCUT2D eigenvalue weighted by Gasteiger charge is -2.30. The van der Waals surface area contributed by atoms with E-state index in [1.54, 1.807) is 19.1 Å². The number of nitrogens with zero attached hydrogens (tertiary/aromatic N) is 4. The maximum absolute atomic E-state index is 11.0. The van der Waals surface area contributed by atoms with Gasteiger partial charge in [0.15, 0.2) is 5.75 Å². The zero-order chi connectivity index (χ0) is 18.7. The molecule has 0 spiro atoms. The summed E-state index contributed by atoms with van der Waals surface area (Å²) in [7, 11) is 0. The van der Waals surface area contributed by atoms with Crippen LogP contribution in [0.4, 0.5) is 4.79 Å². The third-order valence-corrected chi connectivity index (χ3v) is 4.40. The van der Waals surface area contributed by atoms with Gasteiger partial charge in [-0.25, -0.2) is 19.7 Å². The summed E-state index contributed by atoms with van der Waals surface area (Å²) >= 11 is 5.86. The van der Waals surface area contributed by atoms with Crippen molar-refractivity contribution in [1.82, 2.24) is 19.9 Å². The van der Waals surface area contributed by atoms with Gasteiger partial charge in [-0.1, -0.05) is 11.6 Å². The molecule has 0 bridgehead atoms. The quantitative estimate of drug-likeness (QED) is 0.813. The Morgan fingerprint density at radius 2 is 1.92 bits per heavy atom. The predicted octanol–water partition coefficient (Wildman–Crippen LogP) is 3.46. The largest absolute Gasteiger partial charge is 0.474 e. The third kappa shape index (κ3) is 4.13. The Morgan fingerprint density at radius 3 is 2.58 bits per heavy atom. The van der Waals surface area contributed by atoms with Gasteiger partial charge in [0.2, 0.25) is 11.8 Å². The molecule has 0 unspecified atom stereocenters. The smallest absolute Gasteiger partial charge is 0.407 e. The minimum absolute atomic E-state index is 0.0917. The SMILES string of the molecule is Cc1nc(Cl)ccc1Oc1ncnc(OC2CCN(C(=O)O)CC2)c1C. The van der Waals surface area contributed by atoms with Crippen LogP contribution < -0.4 is 9.47 Å². The van der Waals surface area contributed by atoms with E-state index in [0.29, 0.717) is 59.9 Å². The molecule has 26 heavy (non-hydrogen) atoms. The van der Waals surface area contributed by atoms with Gasteiger partial charge in [0.25, 0.3) is 0 Å². The summed E-state index contributed by atoms with van der Waals surface area (Å²) in [6.07, 6.45) is 1.62. The van der Waals surface area contributed by atoms with Gasteiger partial charge in [-0.3, -0.25) is 0 Å². The highest BCUT2D eigenvalue weighted by atomic mass is 35.5. The van der Waals surface area contributed by atoms with Crippen molar-refractivity contribution in [3.8, 4) is 17.5 Å². The normalized spacial score (nSPS) is 15.0. The first kappa shape index (κ1) is 18.2. The van der Waals surface area contributed by atoms with Crippen LogP contribution in [0.25, 0.3) is 0 Å². The number of pyridine rings is 1. The number of aryl methyl sites for hydroxylation is 1. The number of rotatable bonds is 4. The molecule has 138 valence electrons. The zero-order valence-electron chi connectivity index (χ0n) is 14.5. The standard InChI is InChI=1S/C17H19ClN4O4/c1-10-15(25-12-5-7-22(8-6-12)17(23)24)19-9-20-16(10)26-13-3-4-14(18)21-11(13)2/h3-4,9,12H,5-8H2,1-2H3,(H,23,24). The van der Waals surface area contributed by atoms with Crippen LogP contribution in [0.15, 0.2) is 18.5 Å². The van der Waals surface area contributed by atoms with E-state index in [9.17, 15) is 4.79 Å². The van der Waals surface area contributed by atoms with Crippen LogP contribution in [-0.4, -0.2) is 50.2 Å². The molecule has 0 atom stereocenters. The zero-order valence-corrected chi connectivity index (χ0v) is 15.2. The molecule has 1 aliphatic heterocycles. The number of carbonyl (C=O) groups is 1. The first-order valence-electron chi connectivity index (χ1n) is 8.21. The minimum Gasteiger partial charge on any atom is -0.474 e. The van der Waals surface area contributed by atoms with Crippen molar-refractivity contribution in [1.29, 1.82) is 0 Å². The van der Waals surface area contributed by atoms with Gasteiger partial charge < -0.3 is 19.5 Å². The lowest BCUT2D eigenvalue weighted by molar-refractivity contribution is 0.0864. The van der Waals surface area contributed by atoms with Gasteiger partial charge in [0.1, 0.15) is 17.6 Å². The van der Waals surface area contributed by atoms with Crippen molar-refractivity contribution in [2.45, 2.75) is 32.8 Å². The Morgan fingerprint density at radius 1 is 1.23 bits per heavy atom. The summed E-state index contributed by atoms with van der Waals surface area (Å²) in [6.45, 7) is 4.51. The summed E-state index contributed by atoms with van der Waals surface area (Å²) in [6, 6.07) is 3.38. The highest BCUT2D eigenvalue weighted by Gasteiger charge is 2.24. The molecule has 1 aliphatic rings. The monoisotopic (exact) mass is 378 g/mol. The molecular formula is C17H19ClN4O4. The van der Waals surface area contributed by atoms with Crippen LogP contribution in [0, 0.1) is 13.8 Å². The maximum Gasteiger partial charge on any atom is 0.407 e. The number of amides is 1. The fourth-order valence-corrected chi connectivity index (χ4v) is 2.88. The van der Waals surface area contributed by atoms with Gasteiger partial charge in [0, 0.05) is 25.9 Å². The third-order valence-electron chi connectivity index (χ3n) is 4.19. The highest BCUT2D eigenvalue weighted by molar-refractivity contribution is 6.29. The van der Waals surface area contributed by atoms with Crippen LogP contribution in [0.5, 0.6) is 17.5 Å². The van der Waals surface area contributed by atoms with Crippen molar-refractivity contribution in [2.75, 3.05) is 13.1 Å². The molecule has 0 radical (unpaired) electrons. The number of hydrogen-bond acceptors (Lipinski definition) is 6. The van der Waals surface area contributed by atoms with E-state index in [2.05, 4.69) is 15.0 Å². The molecule has 1 amide bonds. The summed E-state index contributed by atoms with van der Waals surface area (Å²) < 4.78 is 11.8. The highest BCUT2D eigenvalue weighted by Crippen LogP contribution is 2.30. The lowest BCUT2D eigenvalue weighted by atomic mass is 10.1. The Hall–Kier alpha value is -2.61. The molecule has 0 saturated carbocycles. The molecule has 0 aromatic carbocycles. The van der Waals surface area contributed by atoms with E-state index in [1.165, 1.54) is 11.2 Å². The Kier molecular flexibility index (Phi) is 5.41. The second-order valence-corrected chi connectivity index (χ2v) is 6.40. The minimum atomic E-state index is -0.899. The van der Waals surface area contributed by atoms with E-state index >= 15 is 0 Å². The number of likely N-dealkylation sites (tertiary alicyclic amines) is 1. The van der Waals surface area contributed by atoms with Crippen LogP contribution >= 0.6 is 11.6 Å². The predicted molar refractivity (Wildman–Crippen MR) is 94.1 cm³/mol. The van der Waals surface area contributed by atoms with Crippen molar-refractivity contribution in [2.24, 2.45) is 0 Å². The van der Waals surface area contributed by atoms with Crippen LogP contribution in [0.1, 0.15) is 24.1 Å². The Labute approximate surface area is 155 Å². The molecule has 3 rings (SSSR count). The number of halogens is 1. The molecule has 3 heterocycles. The summed E-state index contributed by atoms with van der Waals surface area (Å²) in [5.41, 5.74) is 1.32. The fraction of sp³-hybridized carbons (Fsp3) is 0.412. The number of aromatic nitrogens is 3. The van der Waals surface area contributed by atoms with Gasteiger partial charge in [-0.15, -0.1) is 0 Å². The van der Waals surface area contributed by atoms with Crippen molar-refractivity contribution >= 4 is 17.7 Å². The van der Waals surface area contributed by atoms with E-state index in [1.807, 2.05) is 6.92 Å². The van der Waals surface area contributed by atoms with Gasteiger partial charge in [0.05, 0.1) is 11.3 Å².